The molecule has 0 bridgehead atoms. The molecule has 0 amide bonds. The molecule has 1 fully saturated rings. The zero-order valence-electron chi connectivity index (χ0n) is 15.5. The maximum Gasteiger partial charge on any atom is 0.0406 e. The molecule has 0 saturated heterocycles. The smallest absolute Gasteiger partial charge is 0.0406 e. The van der Waals surface area contributed by atoms with Crippen LogP contribution in [0.2, 0.25) is 5.02 Å². The van der Waals surface area contributed by atoms with Crippen molar-refractivity contribution >= 4 is 11.6 Å². The molecule has 0 unspecified atom stereocenters. The summed E-state index contributed by atoms with van der Waals surface area (Å²) in [6.45, 7) is 2.24. The van der Waals surface area contributed by atoms with Crippen LogP contribution in [-0.4, -0.2) is 0 Å². The topological polar surface area (TPSA) is 0 Å². The van der Waals surface area contributed by atoms with Gasteiger partial charge in [0.05, 0.1) is 0 Å². The molecule has 3 rings (SSSR count). The Bertz CT molecular complexity index is 764. The summed E-state index contributed by atoms with van der Waals surface area (Å²) in [6, 6.07) is 17.0. The molecule has 0 aliphatic heterocycles. The largest absolute Gasteiger partial charge is 0.0843 e. The van der Waals surface area contributed by atoms with Crippen LogP contribution in [0.1, 0.15) is 61.6 Å². The van der Waals surface area contributed by atoms with E-state index in [0.29, 0.717) is 5.92 Å². The summed E-state index contributed by atoms with van der Waals surface area (Å²) in [5.41, 5.74) is 4.00. The van der Waals surface area contributed by atoms with Crippen molar-refractivity contribution in [1.29, 1.82) is 0 Å². The Hall–Kier alpha value is -1.97. The molecule has 0 nitrogen and oxygen atoms in total. The van der Waals surface area contributed by atoms with Gasteiger partial charge in [0, 0.05) is 10.6 Å². The van der Waals surface area contributed by atoms with Crippen molar-refractivity contribution in [2.45, 2.75) is 51.4 Å². The van der Waals surface area contributed by atoms with Gasteiger partial charge in [-0.15, -0.1) is 0 Å². The quantitative estimate of drug-likeness (QED) is 0.505. The molecule has 2 aromatic carbocycles. The van der Waals surface area contributed by atoms with Gasteiger partial charge in [-0.3, -0.25) is 0 Å². The zero-order chi connectivity index (χ0) is 18.2. The minimum absolute atomic E-state index is 0.671. The van der Waals surface area contributed by atoms with E-state index in [4.69, 9.17) is 11.6 Å². The number of aryl methyl sites for hydroxylation is 1. The second-order valence-corrected chi connectivity index (χ2v) is 7.68. The lowest BCUT2D eigenvalue weighted by Gasteiger charge is -2.27. The fourth-order valence-electron chi connectivity index (χ4n) is 3.73. The minimum Gasteiger partial charge on any atom is -0.0843 e. The molecular formula is C25H27Cl. The molecular weight excluding hydrogens is 336 g/mol. The van der Waals surface area contributed by atoms with Crippen LogP contribution in [0.15, 0.2) is 60.7 Å². The fourth-order valence-corrected chi connectivity index (χ4v) is 3.86. The molecule has 134 valence electrons. The molecule has 26 heavy (non-hydrogen) atoms. The van der Waals surface area contributed by atoms with Crippen molar-refractivity contribution in [2.24, 2.45) is 5.92 Å². The van der Waals surface area contributed by atoms with Crippen molar-refractivity contribution in [3.8, 4) is 11.8 Å². The van der Waals surface area contributed by atoms with E-state index >= 15 is 0 Å². The number of allylic oxidation sites excluding steroid dienone is 2. The highest BCUT2D eigenvalue weighted by Gasteiger charge is 2.20. The van der Waals surface area contributed by atoms with E-state index in [1.54, 1.807) is 0 Å². The van der Waals surface area contributed by atoms with Crippen LogP contribution in [0.5, 0.6) is 0 Å². The summed E-state index contributed by atoms with van der Waals surface area (Å²) in [5, 5.41) is 0.753. The highest BCUT2D eigenvalue weighted by Crippen LogP contribution is 2.36. The molecule has 0 heterocycles. The van der Waals surface area contributed by atoms with E-state index in [1.165, 1.54) is 49.7 Å². The summed E-state index contributed by atoms with van der Waals surface area (Å²) in [7, 11) is 0. The second kappa shape index (κ2) is 9.65. The van der Waals surface area contributed by atoms with Gasteiger partial charge in [-0.1, -0.05) is 67.1 Å². The van der Waals surface area contributed by atoms with Gasteiger partial charge in [-0.05, 0) is 85.4 Å². The van der Waals surface area contributed by atoms with E-state index in [-0.39, 0.29) is 0 Å². The Labute approximate surface area is 163 Å². The van der Waals surface area contributed by atoms with Gasteiger partial charge >= 0.3 is 0 Å². The van der Waals surface area contributed by atoms with Crippen LogP contribution in [0, 0.1) is 17.8 Å². The van der Waals surface area contributed by atoms with Crippen molar-refractivity contribution < 1.29 is 0 Å². The molecule has 1 saturated carbocycles. The first kappa shape index (κ1) is 18.8. The molecule has 0 aromatic heterocycles. The molecule has 0 atom stereocenters. The Balaban J connectivity index is 1.48. The second-order valence-electron chi connectivity index (χ2n) is 7.24. The molecule has 0 radical (unpaired) electrons. The van der Waals surface area contributed by atoms with E-state index in [0.717, 1.165) is 16.5 Å². The first-order valence-electron chi connectivity index (χ1n) is 9.77. The standard InChI is InChI=1S/C25H27Cl/c1-2-5-20-8-14-23(15-9-20)24-16-10-21(11-17-24)6-3-4-7-22-12-18-25(26)19-13-22/h3,6,8-9,12-15,18-19,21,24H,2,5,10-11,16-17H2,1H3/b6-3+/t21-,24-. The molecule has 0 spiro atoms. The lowest BCUT2D eigenvalue weighted by molar-refractivity contribution is 0.376. The molecule has 0 N–H and O–H groups in total. The molecule has 1 aliphatic carbocycles. The highest BCUT2D eigenvalue weighted by molar-refractivity contribution is 6.30. The van der Waals surface area contributed by atoms with E-state index < -0.39 is 0 Å². The van der Waals surface area contributed by atoms with Crippen molar-refractivity contribution in [3.05, 3.63) is 82.4 Å². The van der Waals surface area contributed by atoms with Crippen LogP contribution in [-0.2, 0) is 6.42 Å². The van der Waals surface area contributed by atoms with E-state index in [1.807, 2.05) is 30.3 Å². The van der Waals surface area contributed by atoms with E-state index in [9.17, 15) is 0 Å². The monoisotopic (exact) mass is 362 g/mol. The normalized spacial score (nSPS) is 19.9. The Morgan fingerprint density at radius 2 is 1.65 bits per heavy atom. The summed E-state index contributed by atoms with van der Waals surface area (Å²) in [5.74, 6) is 7.73. The highest BCUT2D eigenvalue weighted by atomic mass is 35.5. The van der Waals surface area contributed by atoms with Gasteiger partial charge in [-0.25, -0.2) is 0 Å². The summed E-state index contributed by atoms with van der Waals surface area (Å²) >= 11 is 5.89. The summed E-state index contributed by atoms with van der Waals surface area (Å²) in [4.78, 5) is 0. The lowest BCUT2D eigenvalue weighted by Crippen LogP contribution is -2.11. The number of hydrogen-bond acceptors (Lipinski definition) is 0. The van der Waals surface area contributed by atoms with Crippen LogP contribution >= 0.6 is 11.6 Å². The summed E-state index contributed by atoms with van der Waals surface area (Å²) in [6.07, 6.45) is 11.8. The van der Waals surface area contributed by atoms with Gasteiger partial charge in [0.15, 0.2) is 0 Å². The first-order valence-corrected chi connectivity index (χ1v) is 10.1. The van der Waals surface area contributed by atoms with Gasteiger partial charge in [0.2, 0.25) is 0 Å². The van der Waals surface area contributed by atoms with Crippen LogP contribution in [0.4, 0.5) is 0 Å². The average molecular weight is 363 g/mol. The maximum absolute atomic E-state index is 5.89. The third-order valence-electron chi connectivity index (χ3n) is 5.27. The molecule has 1 heteroatoms. The lowest BCUT2D eigenvalue weighted by atomic mass is 9.78. The fraction of sp³-hybridized carbons (Fsp3) is 0.360. The van der Waals surface area contributed by atoms with Gasteiger partial charge in [0.25, 0.3) is 0 Å². The Morgan fingerprint density at radius 1 is 0.962 bits per heavy atom. The summed E-state index contributed by atoms with van der Waals surface area (Å²) < 4.78 is 0. The Kier molecular flexibility index (Phi) is 6.98. The third kappa shape index (κ3) is 5.52. The maximum atomic E-state index is 5.89. The van der Waals surface area contributed by atoms with Crippen molar-refractivity contribution in [3.63, 3.8) is 0 Å². The third-order valence-corrected chi connectivity index (χ3v) is 5.53. The van der Waals surface area contributed by atoms with Gasteiger partial charge in [0.1, 0.15) is 0 Å². The van der Waals surface area contributed by atoms with Crippen molar-refractivity contribution in [1.82, 2.24) is 0 Å². The molecule has 2 aromatic rings. The SMILES string of the molecule is CCCc1ccc([C@H]2CC[C@H](/C=C/C#Cc3ccc(Cl)cc3)CC2)cc1. The van der Waals surface area contributed by atoms with E-state index in [2.05, 4.69) is 49.1 Å². The van der Waals surface area contributed by atoms with Gasteiger partial charge < -0.3 is 0 Å². The predicted molar refractivity (Wildman–Crippen MR) is 113 cm³/mol. The van der Waals surface area contributed by atoms with Crippen molar-refractivity contribution in [2.75, 3.05) is 0 Å². The number of rotatable bonds is 4. The number of benzene rings is 2. The predicted octanol–water partition coefficient (Wildman–Crippen LogP) is 7.17. The van der Waals surface area contributed by atoms with Crippen LogP contribution < -0.4 is 0 Å². The zero-order valence-corrected chi connectivity index (χ0v) is 16.3. The minimum atomic E-state index is 0.671. The first-order chi connectivity index (χ1) is 12.7. The van der Waals surface area contributed by atoms with Gasteiger partial charge in [-0.2, -0.15) is 0 Å². The average Bonchev–Trinajstić information content (AvgIpc) is 2.68. The van der Waals surface area contributed by atoms with Crippen LogP contribution in [0.25, 0.3) is 0 Å². The number of hydrogen-bond donors (Lipinski definition) is 0. The molecule has 1 aliphatic rings. The van der Waals surface area contributed by atoms with Crippen LogP contribution in [0.3, 0.4) is 0 Å². The number of halogens is 1. The Morgan fingerprint density at radius 3 is 2.31 bits per heavy atom.